The van der Waals surface area contributed by atoms with Crippen LogP contribution in [-0.4, -0.2) is 18.0 Å². The molecule has 158 valence electrons. The quantitative estimate of drug-likeness (QED) is 0.300. The smallest absolute Gasteiger partial charge is 0.329 e. The molecular weight excluding hydrogens is 419 g/mol. The number of para-hydroxylation sites is 2. The molecular formula is C23H20ClFN4O2. The summed E-state index contributed by atoms with van der Waals surface area (Å²) in [5.41, 5.74) is 5.73. The molecule has 3 aromatic carbocycles. The molecule has 0 spiro atoms. The van der Waals surface area contributed by atoms with Crippen LogP contribution in [0.2, 0.25) is 5.02 Å². The van der Waals surface area contributed by atoms with Gasteiger partial charge < -0.3 is 10.6 Å². The lowest BCUT2D eigenvalue weighted by atomic mass is 10.1. The highest BCUT2D eigenvalue weighted by Crippen LogP contribution is 2.25. The van der Waals surface area contributed by atoms with Crippen LogP contribution in [0.15, 0.2) is 65.8 Å². The fraction of sp³-hybridized carbons (Fsp3) is 0.0870. The Morgan fingerprint density at radius 3 is 2.35 bits per heavy atom. The van der Waals surface area contributed by atoms with E-state index in [-0.39, 0.29) is 5.69 Å². The number of amides is 2. The first kappa shape index (κ1) is 22.0. The zero-order valence-corrected chi connectivity index (χ0v) is 17.6. The Balaban J connectivity index is 1.70. The minimum absolute atomic E-state index is 0.275. The molecule has 0 aliphatic heterocycles. The molecule has 0 heterocycles. The molecule has 0 aliphatic carbocycles. The van der Waals surface area contributed by atoms with Crippen molar-refractivity contribution in [2.75, 3.05) is 10.6 Å². The van der Waals surface area contributed by atoms with Crippen LogP contribution < -0.4 is 16.1 Å². The lowest BCUT2D eigenvalue weighted by Gasteiger charge is -2.11. The van der Waals surface area contributed by atoms with Crippen LogP contribution in [-0.2, 0) is 9.59 Å². The first-order valence-electron chi connectivity index (χ1n) is 9.37. The van der Waals surface area contributed by atoms with E-state index in [1.165, 1.54) is 12.3 Å². The molecule has 0 atom stereocenters. The summed E-state index contributed by atoms with van der Waals surface area (Å²) in [7, 11) is 0. The zero-order chi connectivity index (χ0) is 22.4. The van der Waals surface area contributed by atoms with Crippen molar-refractivity contribution in [1.82, 2.24) is 5.43 Å². The molecule has 0 saturated heterocycles. The maximum atomic E-state index is 13.9. The predicted octanol–water partition coefficient (Wildman–Crippen LogP) is 4.93. The van der Waals surface area contributed by atoms with Gasteiger partial charge in [0.1, 0.15) is 5.82 Å². The Labute approximate surface area is 184 Å². The molecule has 0 fully saturated rings. The first-order chi connectivity index (χ1) is 14.8. The summed E-state index contributed by atoms with van der Waals surface area (Å²) in [6, 6.07) is 16.6. The highest BCUT2D eigenvalue weighted by atomic mass is 35.5. The molecule has 3 aromatic rings. The van der Waals surface area contributed by atoms with Crippen LogP contribution in [0.25, 0.3) is 0 Å². The number of benzene rings is 3. The van der Waals surface area contributed by atoms with Gasteiger partial charge in [-0.25, -0.2) is 9.82 Å². The number of hydrogen-bond donors (Lipinski definition) is 3. The topological polar surface area (TPSA) is 82.6 Å². The number of anilines is 3. The summed E-state index contributed by atoms with van der Waals surface area (Å²) < 4.78 is 13.9. The summed E-state index contributed by atoms with van der Waals surface area (Å²) in [4.78, 5) is 24.3. The third-order valence-corrected chi connectivity index (χ3v) is 4.69. The molecule has 0 aliphatic rings. The fourth-order valence-corrected chi connectivity index (χ4v) is 3.04. The van der Waals surface area contributed by atoms with Crippen molar-refractivity contribution in [2.24, 2.45) is 5.10 Å². The van der Waals surface area contributed by atoms with Crippen LogP contribution in [0.3, 0.4) is 0 Å². The second-order valence-corrected chi connectivity index (χ2v) is 7.19. The molecule has 0 bridgehead atoms. The van der Waals surface area contributed by atoms with Crippen molar-refractivity contribution in [3.63, 3.8) is 0 Å². The molecule has 8 heteroatoms. The lowest BCUT2D eigenvalue weighted by molar-refractivity contribution is -0.136. The summed E-state index contributed by atoms with van der Waals surface area (Å²) >= 11 is 6.05. The van der Waals surface area contributed by atoms with E-state index < -0.39 is 17.6 Å². The minimum atomic E-state index is -0.926. The molecule has 3 rings (SSSR count). The first-order valence-corrected chi connectivity index (χ1v) is 9.74. The second kappa shape index (κ2) is 9.86. The predicted molar refractivity (Wildman–Crippen MR) is 121 cm³/mol. The number of carbonyl (C=O) groups is 2. The van der Waals surface area contributed by atoms with Crippen molar-refractivity contribution in [1.29, 1.82) is 0 Å². The summed E-state index contributed by atoms with van der Waals surface area (Å²) in [5, 5.41) is 9.81. The molecule has 0 aromatic heterocycles. The molecule has 2 amide bonds. The van der Waals surface area contributed by atoms with Gasteiger partial charge in [0.05, 0.1) is 11.9 Å². The van der Waals surface area contributed by atoms with Crippen LogP contribution >= 0.6 is 11.6 Å². The van der Waals surface area contributed by atoms with Crippen LogP contribution in [0.5, 0.6) is 0 Å². The molecule has 3 N–H and O–H groups in total. The zero-order valence-electron chi connectivity index (χ0n) is 16.9. The highest BCUT2D eigenvalue weighted by molar-refractivity contribution is 6.39. The van der Waals surface area contributed by atoms with E-state index >= 15 is 0 Å². The van der Waals surface area contributed by atoms with E-state index in [2.05, 4.69) is 21.2 Å². The number of rotatable bonds is 5. The van der Waals surface area contributed by atoms with Gasteiger partial charge in [-0.1, -0.05) is 41.9 Å². The van der Waals surface area contributed by atoms with E-state index in [1.54, 1.807) is 36.4 Å². The fourth-order valence-electron chi connectivity index (χ4n) is 2.86. The van der Waals surface area contributed by atoms with Crippen LogP contribution in [0.4, 0.5) is 21.5 Å². The lowest BCUT2D eigenvalue weighted by Crippen LogP contribution is -2.32. The van der Waals surface area contributed by atoms with Gasteiger partial charge in [-0.15, -0.1) is 0 Å². The Kier molecular flexibility index (Phi) is 6.99. The number of nitrogens with zero attached hydrogens (tertiary/aromatic N) is 1. The van der Waals surface area contributed by atoms with Gasteiger partial charge in [-0.05, 0) is 55.3 Å². The van der Waals surface area contributed by atoms with Gasteiger partial charge in [-0.3, -0.25) is 9.59 Å². The molecule has 0 unspecified atom stereocenters. The third-order valence-electron chi connectivity index (χ3n) is 4.45. The van der Waals surface area contributed by atoms with E-state index in [4.69, 9.17) is 11.6 Å². The third kappa shape index (κ3) is 5.67. The minimum Gasteiger partial charge on any atom is -0.353 e. The van der Waals surface area contributed by atoms with Gasteiger partial charge in [0.25, 0.3) is 0 Å². The van der Waals surface area contributed by atoms with E-state index in [1.807, 2.05) is 32.0 Å². The Morgan fingerprint density at radius 2 is 1.65 bits per heavy atom. The standard InChI is InChI=1S/C23H20ClFN4O2/c1-14-6-5-7-15(2)21(14)28-22(30)23(31)29-26-13-16-12-17(24)10-11-19(16)27-20-9-4-3-8-18(20)25/h3-13,27H,1-2H3,(H,28,30)(H,29,31)/b26-13-. The second-order valence-electron chi connectivity index (χ2n) is 6.76. The van der Waals surface area contributed by atoms with E-state index in [0.717, 1.165) is 11.1 Å². The van der Waals surface area contributed by atoms with Gasteiger partial charge >= 0.3 is 11.8 Å². The van der Waals surface area contributed by atoms with Crippen molar-refractivity contribution >= 4 is 46.7 Å². The van der Waals surface area contributed by atoms with Gasteiger partial charge in [-0.2, -0.15) is 5.10 Å². The average molecular weight is 439 g/mol. The van der Waals surface area contributed by atoms with Crippen molar-refractivity contribution in [3.05, 3.63) is 88.2 Å². The van der Waals surface area contributed by atoms with E-state index in [9.17, 15) is 14.0 Å². The average Bonchev–Trinajstić information content (AvgIpc) is 2.74. The molecule has 0 saturated carbocycles. The summed E-state index contributed by atoms with van der Waals surface area (Å²) in [5.74, 6) is -2.19. The monoisotopic (exact) mass is 438 g/mol. The highest BCUT2D eigenvalue weighted by Gasteiger charge is 2.15. The Hall–Kier alpha value is -3.71. The van der Waals surface area contributed by atoms with Crippen LogP contribution in [0, 0.1) is 19.7 Å². The maximum Gasteiger partial charge on any atom is 0.329 e. The number of halogens is 2. The van der Waals surface area contributed by atoms with Crippen molar-refractivity contribution < 1.29 is 14.0 Å². The summed E-state index contributed by atoms with van der Waals surface area (Å²) in [6.07, 6.45) is 1.32. The van der Waals surface area contributed by atoms with E-state index in [0.29, 0.717) is 22.0 Å². The van der Waals surface area contributed by atoms with Gasteiger partial charge in [0, 0.05) is 22.0 Å². The maximum absolute atomic E-state index is 13.9. The number of aryl methyl sites for hydroxylation is 2. The number of nitrogens with one attached hydrogen (secondary N) is 3. The summed E-state index contributed by atoms with van der Waals surface area (Å²) in [6.45, 7) is 3.67. The molecule has 6 nitrogen and oxygen atoms in total. The Morgan fingerprint density at radius 1 is 0.935 bits per heavy atom. The number of hydrazone groups is 1. The van der Waals surface area contributed by atoms with Gasteiger partial charge in [0.15, 0.2) is 0 Å². The number of hydrogen-bond acceptors (Lipinski definition) is 4. The normalized spacial score (nSPS) is 10.7. The van der Waals surface area contributed by atoms with Crippen LogP contribution in [0.1, 0.15) is 16.7 Å². The SMILES string of the molecule is Cc1cccc(C)c1NC(=O)C(=O)N/N=C\c1cc(Cl)ccc1Nc1ccccc1F. The Bertz CT molecular complexity index is 1140. The largest absolute Gasteiger partial charge is 0.353 e. The van der Waals surface area contributed by atoms with Crippen molar-refractivity contribution in [3.8, 4) is 0 Å². The number of carbonyl (C=O) groups excluding carboxylic acids is 2. The van der Waals surface area contributed by atoms with Crippen molar-refractivity contribution in [2.45, 2.75) is 13.8 Å². The van der Waals surface area contributed by atoms with Gasteiger partial charge in [0.2, 0.25) is 0 Å². The molecule has 31 heavy (non-hydrogen) atoms. The molecule has 0 radical (unpaired) electrons.